The second kappa shape index (κ2) is 7.58. The van der Waals surface area contributed by atoms with E-state index in [0.29, 0.717) is 0 Å². The fourth-order valence-corrected chi connectivity index (χ4v) is 6.09. The van der Waals surface area contributed by atoms with Crippen LogP contribution in [0.4, 0.5) is 0 Å². The van der Waals surface area contributed by atoms with Crippen LogP contribution in [0.25, 0.3) is 77.3 Å². The number of rotatable bonds is 0. The van der Waals surface area contributed by atoms with Gasteiger partial charge in [0, 0.05) is 86.0 Å². The first-order valence-corrected chi connectivity index (χ1v) is 13.0. The fourth-order valence-electron chi connectivity index (χ4n) is 6.09. The number of para-hydroxylation sites is 2. The first-order valence-electron chi connectivity index (χ1n) is 13.0. The molecule has 6 heteroatoms. The van der Waals surface area contributed by atoms with Crippen LogP contribution >= 0.6 is 0 Å². The molecule has 6 nitrogen and oxygen atoms in total. The van der Waals surface area contributed by atoms with Crippen LogP contribution < -0.4 is 0 Å². The molecular formula is C33H20N6. The number of aromatic amines is 2. The highest BCUT2D eigenvalue weighted by Gasteiger charge is 2.19. The summed E-state index contributed by atoms with van der Waals surface area (Å²) in [6.45, 7) is 0. The maximum Gasteiger partial charge on any atom is 0.0901 e. The van der Waals surface area contributed by atoms with E-state index < -0.39 is 0 Å². The summed E-state index contributed by atoms with van der Waals surface area (Å²) in [5.41, 5.74) is 10.0. The van der Waals surface area contributed by atoms with Crippen molar-refractivity contribution in [2.45, 2.75) is 6.42 Å². The smallest absolute Gasteiger partial charge is 0.0901 e. The normalized spacial score (nSPS) is 12.5. The van der Waals surface area contributed by atoms with Crippen LogP contribution in [0.15, 0.2) is 97.6 Å². The average Bonchev–Trinajstić information content (AvgIpc) is 3.58. The van der Waals surface area contributed by atoms with Crippen molar-refractivity contribution in [1.82, 2.24) is 29.9 Å². The Kier molecular flexibility index (Phi) is 4.02. The van der Waals surface area contributed by atoms with Crippen molar-refractivity contribution in [3.63, 3.8) is 0 Å². The predicted octanol–water partition coefficient (Wildman–Crippen LogP) is 7.44. The Morgan fingerprint density at radius 1 is 0.538 bits per heavy atom. The maximum atomic E-state index is 5.27. The van der Waals surface area contributed by atoms with Gasteiger partial charge in [-0.1, -0.05) is 36.4 Å². The van der Waals surface area contributed by atoms with Gasteiger partial charge in [-0.2, -0.15) is 0 Å². The number of hydrogen-bond acceptors (Lipinski definition) is 4. The van der Waals surface area contributed by atoms with E-state index in [9.17, 15) is 0 Å². The lowest BCUT2D eigenvalue weighted by atomic mass is 10.00. The van der Waals surface area contributed by atoms with Gasteiger partial charge in [0.1, 0.15) is 0 Å². The van der Waals surface area contributed by atoms with E-state index in [1.807, 2.05) is 36.9 Å². The number of pyridine rings is 4. The molecule has 182 valence electrons. The molecule has 2 aromatic carbocycles. The van der Waals surface area contributed by atoms with E-state index in [0.717, 1.165) is 95.1 Å². The Labute approximate surface area is 222 Å². The topological polar surface area (TPSA) is 83.1 Å². The summed E-state index contributed by atoms with van der Waals surface area (Å²) in [7, 11) is 0. The first-order chi connectivity index (χ1) is 19.3. The minimum atomic E-state index is 0.762. The van der Waals surface area contributed by atoms with Gasteiger partial charge in [-0.15, -0.1) is 0 Å². The van der Waals surface area contributed by atoms with Gasteiger partial charge in [0.15, 0.2) is 0 Å². The molecule has 39 heavy (non-hydrogen) atoms. The van der Waals surface area contributed by atoms with Crippen LogP contribution in [0.3, 0.4) is 0 Å². The standard InChI is InChI=1S/C33H20N6/c1-3-18-11-22-15-23-12-19-4-2-6-27(31(19)37-23)33-25-8-10-35-17-21(25)14-29(39-33)28-13-20-16-34-9-7-24(20)32(38-28)26(5-1)30(18)36-22/h1-14,16-17,36-37H,15H2. The van der Waals surface area contributed by atoms with Crippen molar-refractivity contribution in [1.29, 1.82) is 0 Å². The van der Waals surface area contributed by atoms with Crippen molar-refractivity contribution >= 4 is 43.4 Å². The second-order valence-corrected chi connectivity index (χ2v) is 10.2. The minimum absolute atomic E-state index is 0.762. The lowest BCUT2D eigenvalue weighted by Gasteiger charge is -2.13. The van der Waals surface area contributed by atoms with E-state index in [4.69, 9.17) is 9.97 Å². The molecule has 7 heterocycles. The van der Waals surface area contributed by atoms with E-state index in [1.165, 1.54) is 0 Å². The van der Waals surface area contributed by atoms with Gasteiger partial charge >= 0.3 is 0 Å². The summed E-state index contributed by atoms with van der Waals surface area (Å²) in [4.78, 5) is 26.9. The van der Waals surface area contributed by atoms with Gasteiger partial charge in [-0.05, 0) is 36.4 Å². The molecule has 9 rings (SSSR count). The summed E-state index contributed by atoms with van der Waals surface area (Å²) < 4.78 is 0. The van der Waals surface area contributed by atoms with Crippen molar-refractivity contribution in [2.24, 2.45) is 0 Å². The van der Waals surface area contributed by atoms with Gasteiger partial charge in [0.25, 0.3) is 0 Å². The van der Waals surface area contributed by atoms with Crippen molar-refractivity contribution < 1.29 is 0 Å². The molecule has 8 bridgehead atoms. The zero-order chi connectivity index (χ0) is 25.5. The van der Waals surface area contributed by atoms with Crippen LogP contribution in [0.5, 0.6) is 0 Å². The Morgan fingerprint density at radius 3 is 1.56 bits per heavy atom. The minimum Gasteiger partial charge on any atom is -0.358 e. The molecular weight excluding hydrogens is 480 g/mol. The quantitative estimate of drug-likeness (QED) is 0.227. The van der Waals surface area contributed by atoms with E-state index in [2.05, 4.69) is 80.6 Å². The van der Waals surface area contributed by atoms with Crippen LogP contribution in [0.2, 0.25) is 0 Å². The summed E-state index contributed by atoms with van der Waals surface area (Å²) in [6.07, 6.45) is 8.23. The third-order valence-electron chi connectivity index (χ3n) is 7.84. The fraction of sp³-hybridized carbons (Fsp3) is 0.0303. The number of nitrogens with one attached hydrogen (secondary N) is 2. The number of hydrogen-bond donors (Lipinski definition) is 2. The van der Waals surface area contributed by atoms with Crippen molar-refractivity contribution in [3.05, 3.63) is 109 Å². The molecule has 8 aromatic rings. The Bertz CT molecular complexity index is 2110. The lowest BCUT2D eigenvalue weighted by Crippen LogP contribution is -1.96. The maximum absolute atomic E-state index is 5.27. The lowest BCUT2D eigenvalue weighted by molar-refractivity contribution is 1.07. The van der Waals surface area contributed by atoms with Crippen LogP contribution in [0, 0.1) is 0 Å². The van der Waals surface area contributed by atoms with Gasteiger partial charge in [0.2, 0.25) is 0 Å². The zero-order valence-electron chi connectivity index (χ0n) is 20.7. The Hall–Kier alpha value is -5.36. The Balaban J connectivity index is 1.48. The van der Waals surface area contributed by atoms with Crippen molar-refractivity contribution in [2.75, 3.05) is 0 Å². The number of benzene rings is 2. The van der Waals surface area contributed by atoms with Crippen LogP contribution in [-0.2, 0) is 6.42 Å². The van der Waals surface area contributed by atoms with Gasteiger partial charge in [-0.25, -0.2) is 9.97 Å². The van der Waals surface area contributed by atoms with Crippen LogP contribution in [-0.4, -0.2) is 29.9 Å². The van der Waals surface area contributed by atoms with E-state index in [1.54, 1.807) is 0 Å². The molecule has 0 atom stereocenters. The molecule has 0 amide bonds. The molecule has 1 aliphatic heterocycles. The molecule has 0 aliphatic carbocycles. The third-order valence-corrected chi connectivity index (χ3v) is 7.84. The average molecular weight is 501 g/mol. The zero-order valence-corrected chi connectivity index (χ0v) is 20.7. The summed E-state index contributed by atoms with van der Waals surface area (Å²) >= 11 is 0. The SMILES string of the molecule is c1cc2c3[nH]c(cc3c1)Cc1cc3cccc(c3[nH]1)-c1nc(cc3cnccc13)-c1cc3cnccc3c-2n1. The summed E-state index contributed by atoms with van der Waals surface area (Å²) in [5.74, 6) is 0. The molecule has 2 N–H and O–H groups in total. The second-order valence-electron chi connectivity index (χ2n) is 10.2. The molecule has 0 spiro atoms. The van der Waals surface area contributed by atoms with Gasteiger partial charge < -0.3 is 9.97 Å². The number of aromatic nitrogens is 6. The number of fused-ring (bicyclic) bond motifs is 13. The van der Waals surface area contributed by atoms with Crippen LogP contribution in [0.1, 0.15) is 11.4 Å². The predicted molar refractivity (Wildman–Crippen MR) is 155 cm³/mol. The van der Waals surface area contributed by atoms with E-state index >= 15 is 0 Å². The summed E-state index contributed by atoms with van der Waals surface area (Å²) in [5, 5.41) is 6.49. The molecule has 1 aliphatic rings. The molecule has 0 radical (unpaired) electrons. The van der Waals surface area contributed by atoms with E-state index in [-0.39, 0.29) is 0 Å². The highest BCUT2D eigenvalue weighted by atomic mass is 14.8. The highest BCUT2D eigenvalue weighted by molar-refractivity contribution is 6.06. The molecule has 0 fully saturated rings. The first kappa shape index (κ1) is 20.7. The highest BCUT2D eigenvalue weighted by Crippen LogP contribution is 2.38. The largest absolute Gasteiger partial charge is 0.358 e. The molecule has 0 saturated heterocycles. The molecule has 6 aromatic heterocycles. The van der Waals surface area contributed by atoms with Crippen molar-refractivity contribution in [3.8, 4) is 33.9 Å². The van der Waals surface area contributed by atoms with Gasteiger partial charge in [-0.3, -0.25) is 9.97 Å². The monoisotopic (exact) mass is 500 g/mol. The molecule has 0 saturated carbocycles. The molecule has 0 unspecified atom stereocenters. The number of nitrogens with zero attached hydrogens (tertiary/aromatic N) is 4. The Morgan fingerprint density at radius 2 is 1.05 bits per heavy atom. The number of H-pyrrole nitrogens is 2. The summed E-state index contributed by atoms with van der Waals surface area (Å²) in [6, 6.07) is 25.6. The van der Waals surface area contributed by atoms with Gasteiger partial charge in [0.05, 0.1) is 33.8 Å². The third kappa shape index (κ3) is 3.03.